The Morgan fingerprint density at radius 2 is 1.92 bits per heavy atom. The molecule has 0 unspecified atom stereocenters. The van der Waals surface area contributed by atoms with Gasteiger partial charge in [-0.05, 0) is 0 Å². The van der Waals surface area contributed by atoms with E-state index in [2.05, 4.69) is 5.10 Å². The highest BCUT2D eigenvalue weighted by Gasteiger charge is 2.26. The number of hydrogen-bond donors (Lipinski definition) is 0. The Labute approximate surface area is 77.5 Å². The molecule has 13 heavy (non-hydrogen) atoms. The minimum atomic E-state index is -0.363. The molecule has 4 heteroatoms. The van der Waals surface area contributed by atoms with Crippen LogP contribution in [0.4, 0.5) is 4.39 Å². The molecule has 0 spiro atoms. The van der Waals surface area contributed by atoms with Crippen LogP contribution in [-0.2, 0) is 12.5 Å². The molecular formula is C9H15FN2O. The Kier molecular flexibility index (Phi) is 2.32. The highest BCUT2D eigenvalue weighted by atomic mass is 19.1. The van der Waals surface area contributed by atoms with Crippen molar-refractivity contribution in [3.63, 3.8) is 0 Å². The largest absolute Gasteiger partial charge is 0.479 e. The normalized spacial score (nSPS) is 11.8. The smallest absolute Gasteiger partial charge is 0.248 e. The highest BCUT2D eigenvalue weighted by Crippen LogP contribution is 2.28. The van der Waals surface area contributed by atoms with Gasteiger partial charge in [0.1, 0.15) is 5.69 Å². The zero-order valence-electron chi connectivity index (χ0n) is 8.68. The quantitative estimate of drug-likeness (QED) is 0.669. The van der Waals surface area contributed by atoms with Gasteiger partial charge in [-0.25, -0.2) is 4.68 Å². The number of rotatable bonds is 1. The van der Waals surface area contributed by atoms with Crippen LogP contribution in [0.25, 0.3) is 0 Å². The third-order valence-corrected chi connectivity index (χ3v) is 1.84. The summed E-state index contributed by atoms with van der Waals surface area (Å²) in [5.41, 5.74) is 0.144. The minimum absolute atomic E-state index is 0.185. The topological polar surface area (TPSA) is 27.1 Å². The van der Waals surface area contributed by atoms with Gasteiger partial charge in [0, 0.05) is 12.5 Å². The molecule has 74 valence electrons. The van der Waals surface area contributed by atoms with E-state index in [9.17, 15) is 4.39 Å². The van der Waals surface area contributed by atoms with E-state index >= 15 is 0 Å². The lowest BCUT2D eigenvalue weighted by Crippen LogP contribution is -2.14. The maximum atomic E-state index is 13.6. The predicted molar refractivity (Wildman–Crippen MR) is 48.4 cm³/mol. The van der Waals surface area contributed by atoms with E-state index < -0.39 is 0 Å². The summed E-state index contributed by atoms with van der Waals surface area (Å²) < 4.78 is 19.9. The minimum Gasteiger partial charge on any atom is -0.479 e. The predicted octanol–water partition coefficient (Wildman–Crippen LogP) is 1.87. The second-order valence-electron chi connectivity index (χ2n) is 4.05. The molecule has 0 saturated heterocycles. The Morgan fingerprint density at radius 1 is 1.38 bits per heavy atom. The number of ether oxygens (including phenoxy) is 1. The zero-order chi connectivity index (χ0) is 10.2. The van der Waals surface area contributed by atoms with Crippen LogP contribution < -0.4 is 4.74 Å². The van der Waals surface area contributed by atoms with E-state index in [1.807, 2.05) is 20.8 Å². The number of methoxy groups -OCH3 is 1. The third-order valence-electron chi connectivity index (χ3n) is 1.84. The molecule has 0 atom stereocenters. The van der Waals surface area contributed by atoms with Crippen molar-refractivity contribution in [2.24, 2.45) is 7.05 Å². The van der Waals surface area contributed by atoms with Crippen LogP contribution in [0.1, 0.15) is 26.5 Å². The average molecular weight is 186 g/mol. The van der Waals surface area contributed by atoms with Gasteiger partial charge in [0.05, 0.1) is 7.11 Å². The number of aromatic nitrogens is 2. The Morgan fingerprint density at radius 3 is 2.15 bits per heavy atom. The van der Waals surface area contributed by atoms with Gasteiger partial charge in [-0.15, -0.1) is 0 Å². The fourth-order valence-corrected chi connectivity index (χ4v) is 1.18. The molecule has 0 bridgehead atoms. The van der Waals surface area contributed by atoms with Crippen molar-refractivity contribution in [3.05, 3.63) is 11.5 Å². The monoisotopic (exact) mass is 186 g/mol. The van der Waals surface area contributed by atoms with E-state index in [1.54, 1.807) is 7.05 Å². The maximum Gasteiger partial charge on any atom is 0.248 e. The van der Waals surface area contributed by atoms with Gasteiger partial charge in [-0.2, -0.15) is 9.49 Å². The van der Waals surface area contributed by atoms with Crippen molar-refractivity contribution in [2.45, 2.75) is 26.2 Å². The highest BCUT2D eigenvalue weighted by molar-refractivity contribution is 5.24. The van der Waals surface area contributed by atoms with Crippen LogP contribution in [0, 0.1) is 5.82 Å². The molecule has 0 fully saturated rings. The lowest BCUT2D eigenvalue weighted by Gasteiger charge is -2.14. The van der Waals surface area contributed by atoms with E-state index in [4.69, 9.17) is 4.74 Å². The van der Waals surface area contributed by atoms with Crippen LogP contribution in [0.2, 0.25) is 0 Å². The summed E-state index contributed by atoms with van der Waals surface area (Å²) in [5, 5.41) is 4.07. The lowest BCUT2D eigenvalue weighted by molar-refractivity contribution is 0.351. The van der Waals surface area contributed by atoms with Crippen LogP contribution in [-0.4, -0.2) is 16.9 Å². The molecule has 0 radical (unpaired) electrons. The first-order chi connectivity index (χ1) is 5.88. The molecule has 0 aliphatic rings. The second kappa shape index (κ2) is 3.01. The van der Waals surface area contributed by atoms with Gasteiger partial charge in [-0.1, -0.05) is 20.8 Å². The standard InChI is InChI=1S/C9H15FN2O/c1-9(2,3)7-6(10)8(13-5)12(4)11-7/h1-5H3. The molecule has 1 aromatic heterocycles. The molecular weight excluding hydrogens is 171 g/mol. The molecule has 0 amide bonds. The first kappa shape index (κ1) is 10.0. The number of hydrogen-bond acceptors (Lipinski definition) is 2. The molecule has 0 N–H and O–H groups in total. The van der Waals surface area contributed by atoms with Crippen LogP contribution in [0.5, 0.6) is 5.88 Å². The zero-order valence-corrected chi connectivity index (χ0v) is 8.68. The molecule has 0 aliphatic carbocycles. The molecule has 1 heterocycles. The summed E-state index contributed by atoms with van der Waals surface area (Å²) in [7, 11) is 3.10. The van der Waals surface area contributed by atoms with Crippen LogP contribution >= 0.6 is 0 Å². The molecule has 1 rings (SSSR count). The van der Waals surface area contributed by atoms with Gasteiger partial charge in [-0.3, -0.25) is 0 Å². The number of aryl methyl sites for hydroxylation is 1. The average Bonchev–Trinajstić information content (AvgIpc) is 2.25. The fourth-order valence-electron chi connectivity index (χ4n) is 1.18. The molecule has 0 aromatic carbocycles. The second-order valence-corrected chi connectivity index (χ2v) is 4.05. The summed E-state index contributed by atoms with van der Waals surface area (Å²) in [4.78, 5) is 0. The first-order valence-corrected chi connectivity index (χ1v) is 4.15. The summed E-state index contributed by atoms with van der Waals surface area (Å²) in [5.74, 6) is -0.178. The Balaban J connectivity index is 3.26. The Bertz CT molecular complexity index is 312. The van der Waals surface area contributed by atoms with E-state index in [-0.39, 0.29) is 17.1 Å². The summed E-state index contributed by atoms with van der Waals surface area (Å²) in [6.45, 7) is 5.74. The van der Waals surface area contributed by atoms with Crippen molar-refractivity contribution in [1.82, 2.24) is 9.78 Å². The van der Waals surface area contributed by atoms with Gasteiger partial charge >= 0.3 is 0 Å². The number of halogens is 1. The summed E-state index contributed by atoms with van der Waals surface area (Å²) in [6, 6.07) is 0. The van der Waals surface area contributed by atoms with Crippen molar-refractivity contribution < 1.29 is 9.13 Å². The SMILES string of the molecule is COc1c(F)c(C(C)(C)C)nn1C. The van der Waals surface area contributed by atoms with Crippen molar-refractivity contribution in [1.29, 1.82) is 0 Å². The summed E-state index contributed by atoms with van der Waals surface area (Å²) >= 11 is 0. The van der Waals surface area contributed by atoms with E-state index in [0.717, 1.165) is 0 Å². The molecule has 0 aliphatic heterocycles. The van der Waals surface area contributed by atoms with Crippen molar-refractivity contribution in [3.8, 4) is 5.88 Å². The molecule has 3 nitrogen and oxygen atoms in total. The van der Waals surface area contributed by atoms with Crippen LogP contribution in [0.15, 0.2) is 0 Å². The lowest BCUT2D eigenvalue weighted by atomic mass is 9.92. The first-order valence-electron chi connectivity index (χ1n) is 4.15. The van der Waals surface area contributed by atoms with Gasteiger partial charge < -0.3 is 4.74 Å². The van der Waals surface area contributed by atoms with Gasteiger partial charge in [0.15, 0.2) is 0 Å². The third kappa shape index (κ3) is 1.66. The maximum absolute atomic E-state index is 13.6. The van der Waals surface area contributed by atoms with Gasteiger partial charge in [0.2, 0.25) is 11.7 Å². The Hall–Kier alpha value is -1.06. The van der Waals surface area contributed by atoms with E-state index in [0.29, 0.717) is 5.69 Å². The fraction of sp³-hybridized carbons (Fsp3) is 0.667. The van der Waals surface area contributed by atoms with Gasteiger partial charge in [0.25, 0.3) is 0 Å². The molecule has 0 saturated carbocycles. The number of nitrogens with zero attached hydrogens (tertiary/aromatic N) is 2. The van der Waals surface area contributed by atoms with Crippen molar-refractivity contribution >= 4 is 0 Å². The molecule has 1 aromatic rings. The van der Waals surface area contributed by atoms with E-state index in [1.165, 1.54) is 11.8 Å². The van der Waals surface area contributed by atoms with Crippen molar-refractivity contribution in [2.75, 3.05) is 7.11 Å². The van der Waals surface area contributed by atoms with Crippen LogP contribution in [0.3, 0.4) is 0 Å². The summed E-state index contributed by atoms with van der Waals surface area (Å²) in [6.07, 6.45) is 0.